The monoisotopic (exact) mass is 273 g/mol. The van der Waals surface area contributed by atoms with Crippen LogP contribution < -0.4 is 5.32 Å². The summed E-state index contributed by atoms with van der Waals surface area (Å²) in [7, 11) is 0. The van der Waals surface area contributed by atoms with E-state index < -0.39 is 17.3 Å². The van der Waals surface area contributed by atoms with Gasteiger partial charge in [0.05, 0.1) is 12.7 Å². The molecule has 0 amide bonds. The molecule has 1 aromatic rings. The Hall–Kier alpha value is -1.63. The number of alkyl halides is 1. The second kappa shape index (κ2) is 6.01. The molecule has 0 radical (unpaired) electrons. The zero-order valence-electron chi connectivity index (χ0n) is 10.2. The van der Waals surface area contributed by atoms with Gasteiger partial charge in [0.25, 0.3) is 0 Å². The van der Waals surface area contributed by atoms with Gasteiger partial charge < -0.3 is 5.32 Å². The topological polar surface area (TPSA) is 45.2 Å². The fraction of sp³-hybridized carbons (Fsp3) is 0.500. The number of hydrogen-bond acceptors (Lipinski definition) is 4. The van der Waals surface area contributed by atoms with Crippen molar-refractivity contribution >= 4 is 12.1 Å². The first-order valence-corrected chi connectivity index (χ1v) is 6.00. The Morgan fingerprint density at radius 3 is 2.79 bits per heavy atom. The van der Waals surface area contributed by atoms with E-state index in [-0.39, 0.29) is 24.8 Å². The summed E-state index contributed by atoms with van der Waals surface area (Å²) in [6.45, 7) is 1.69. The van der Waals surface area contributed by atoms with Crippen molar-refractivity contribution in [2.45, 2.75) is 12.5 Å². The summed E-state index contributed by atoms with van der Waals surface area (Å²) in [4.78, 5) is 15.9. The third-order valence-electron chi connectivity index (χ3n) is 3.00. The number of carbonyl (C=O) groups is 1. The van der Waals surface area contributed by atoms with Gasteiger partial charge in [-0.15, -0.1) is 0 Å². The van der Waals surface area contributed by atoms with E-state index in [1.807, 2.05) is 4.90 Å². The van der Waals surface area contributed by atoms with Crippen LogP contribution in [-0.2, 0) is 0 Å². The zero-order valence-corrected chi connectivity index (χ0v) is 10.2. The van der Waals surface area contributed by atoms with Crippen molar-refractivity contribution in [3.63, 3.8) is 0 Å². The molecule has 0 spiro atoms. The number of rotatable bonds is 6. The molecule has 0 aliphatic carbocycles. The highest BCUT2D eigenvalue weighted by Crippen LogP contribution is 2.17. The van der Waals surface area contributed by atoms with Crippen molar-refractivity contribution in [2.75, 3.05) is 31.6 Å². The zero-order chi connectivity index (χ0) is 13.8. The molecular weight excluding hydrogens is 259 g/mol. The van der Waals surface area contributed by atoms with Gasteiger partial charge in [-0.25, -0.2) is 9.37 Å². The first-order chi connectivity index (χ1) is 9.13. The van der Waals surface area contributed by atoms with Crippen LogP contribution in [0.4, 0.5) is 19.0 Å². The Kier molecular flexibility index (Phi) is 4.36. The van der Waals surface area contributed by atoms with Crippen LogP contribution in [0.25, 0.3) is 0 Å². The molecule has 0 unspecified atom stereocenters. The highest BCUT2D eigenvalue weighted by atomic mass is 19.1. The van der Waals surface area contributed by atoms with Crippen LogP contribution in [0.3, 0.4) is 0 Å². The highest BCUT2D eigenvalue weighted by molar-refractivity contribution is 5.75. The van der Waals surface area contributed by atoms with Crippen LogP contribution in [-0.4, -0.2) is 48.5 Å². The Morgan fingerprint density at radius 2 is 2.21 bits per heavy atom. The molecule has 19 heavy (non-hydrogen) atoms. The molecule has 0 saturated carbocycles. The minimum atomic E-state index is -1.12. The maximum Gasteiger partial charge on any atom is 0.228 e. The lowest BCUT2D eigenvalue weighted by molar-refractivity contribution is 0.111. The molecule has 1 aliphatic rings. The van der Waals surface area contributed by atoms with E-state index in [4.69, 9.17) is 0 Å². The normalized spacial score (nSPS) is 16.2. The SMILES string of the molecule is O=Cc1c(F)cc(NC2CN(CCCF)C2)nc1F. The number of nitrogens with zero attached hydrogens (tertiary/aromatic N) is 2. The quantitative estimate of drug-likeness (QED) is 0.632. The molecule has 2 rings (SSSR count). The lowest BCUT2D eigenvalue weighted by Gasteiger charge is -2.39. The fourth-order valence-electron chi connectivity index (χ4n) is 2.01. The summed E-state index contributed by atoms with van der Waals surface area (Å²) in [5, 5.41) is 2.88. The van der Waals surface area contributed by atoms with Crippen molar-refractivity contribution in [2.24, 2.45) is 0 Å². The van der Waals surface area contributed by atoms with Crippen molar-refractivity contribution in [3.8, 4) is 0 Å². The number of nitrogens with one attached hydrogen (secondary N) is 1. The molecule has 0 atom stereocenters. The van der Waals surface area contributed by atoms with E-state index in [1.165, 1.54) is 0 Å². The molecule has 1 N–H and O–H groups in total. The lowest BCUT2D eigenvalue weighted by Crippen LogP contribution is -2.55. The number of pyridine rings is 1. The van der Waals surface area contributed by atoms with E-state index >= 15 is 0 Å². The van der Waals surface area contributed by atoms with Crippen molar-refractivity contribution in [3.05, 3.63) is 23.4 Å². The summed E-state index contributed by atoms with van der Waals surface area (Å²) >= 11 is 0. The van der Waals surface area contributed by atoms with E-state index in [0.29, 0.717) is 26.1 Å². The van der Waals surface area contributed by atoms with Gasteiger partial charge in [-0.05, 0) is 6.42 Å². The average Bonchev–Trinajstić information content (AvgIpc) is 2.31. The third-order valence-corrected chi connectivity index (χ3v) is 3.00. The third kappa shape index (κ3) is 3.23. The van der Waals surface area contributed by atoms with Crippen LogP contribution in [0.5, 0.6) is 0 Å². The number of aromatic nitrogens is 1. The van der Waals surface area contributed by atoms with Gasteiger partial charge in [0, 0.05) is 25.7 Å². The molecular formula is C12H14F3N3O. The molecule has 2 heterocycles. The first kappa shape index (κ1) is 13.8. The number of halogens is 3. The number of hydrogen-bond donors (Lipinski definition) is 1. The summed E-state index contributed by atoms with van der Waals surface area (Å²) < 4.78 is 38.5. The van der Waals surface area contributed by atoms with Crippen molar-refractivity contribution in [1.82, 2.24) is 9.88 Å². The molecule has 0 aromatic carbocycles. The Bertz CT molecular complexity index is 441. The molecule has 7 heteroatoms. The first-order valence-electron chi connectivity index (χ1n) is 6.00. The fourth-order valence-corrected chi connectivity index (χ4v) is 2.01. The minimum Gasteiger partial charge on any atom is -0.365 e. The number of likely N-dealkylation sites (tertiary alicyclic amines) is 1. The van der Waals surface area contributed by atoms with Crippen molar-refractivity contribution in [1.29, 1.82) is 0 Å². The van der Waals surface area contributed by atoms with Crippen LogP contribution in [0, 0.1) is 11.8 Å². The van der Waals surface area contributed by atoms with Gasteiger partial charge in [0.1, 0.15) is 17.2 Å². The Labute approximate surface area is 108 Å². The largest absolute Gasteiger partial charge is 0.365 e. The number of carbonyl (C=O) groups excluding carboxylic acids is 1. The van der Waals surface area contributed by atoms with E-state index in [1.54, 1.807) is 0 Å². The van der Waals surface area contributed by atoms with Crippen LogP contribution >= 0.6 is 0 Å². The molecule has 1 fully saturated rings. The average molecular weight is 273 g/mol. The maximum absolute atomic E-state index is 13.3. The van der Waals surface area contributed by atoms with Crippen LogP contribution in [0.1, 0.15) is 16.8 Å². The van der Waals surface area contributed by atoms with Gasteiger partial charge >= 0.3 is 0 Å². The molecule has 1 aliphatic heterocycles. The summed E-state index contributed by atoms with van der Waals surface area (Å²) in [6, 6.07) is 1.03. The Morgan fingerprint density at radius 1 is 1.47 bits per heavy atom. The minimum absolute atomic E-state index is 0.0352. The maximum atomic E-state index is 13.3. The number of aldehydes is 1. The van der Waals surface area contributed by atoms with Gasteiger partial charge in [0.2, 0.25) is 5.95 Å². The van der Waals surface area contributed by atoms with Crippen LogP contribution in [0.2, 0.25) is 0 Å². The van der Waals surface area contributed by atoms with Crippen molar-refractivity contribution < 1.29 is 18.0 Å². The summed E-state index contributed by atoms with van der Waals surface area (Å²) in [6.07, 6.45) is 0.589. The van der Waals surface area contributed by atoms with Gasteiger partial charge in [0.15, 0.2) is 6.29 Å². The second-order valence-electron chi connectivity index (χ2n) is 4.46. The lowest BCUT2D eigenvalue weighted by atomic mass is 10.1. The summed E-state index contributed by atoms with van der Waals surface area (Å²) in [5.41, 5.74) is -0.663. The van der Waals surface area contributed by atoms with Gasteiger partial charge in [-0.2, -0.15) is 4.39 Å². The molecule has 4 nitrogen and oxygen atoms in total. The molecule has 104 valence electrons. The van der Waals surface area contributed by atoms with Gasteiger partial charge in [-0.3, -0.25) is 14.1 Å². The number of anilines is 1. The molecule has 1 aromatic heterocycles. The highest BCUT2D eigenvalue weighted by Gasteiger charge is 2.26. The predicted molar refractivity (Wildman–Crippen MR) is 64.0 cm³/mol. The molecule has 0 bridgehead atoms. The van der Waals surface area contributed by atoms with E-state index in [0.717, 1.165) is 6.07 Å². The standard InChI is InChI=1S/C12H14F3N3O/c13-2-1-3-18-5-8(6-18)16-11-4-10(14)9(7-19)12(15)17-11/h4,7-8H,1-3,5-6H2,(H,16,17). The van der Waals surface area contributed by atoms with Gasteiger partial charge in [-0.1, -0.05) is 0 Å². The Balaban J connectivity index is 1.90. The second-order valence-corrected chi connectivity index (χ2v) is 4.46. The smallest absolute Gasteiger partial charge is 0.228 e. The van der Waals surface area contributed by atoms with E-state index in [2.05, 4.69) is 10.3 Å². The molecule has 1 saturated heterocycles. The summed E-state index contributed by atoms with van der Waals surface area (Å²) in [5.74, 6) is -1.99. The predicted octanol–water partition coefficient (Wildman–Crippen LogP) is 1.63. The van der Waals surface area contributed by atoms with Crippen LogP contribution in [0.15, 0.2) is 6.07 Å². The van der Waals surface area contributed by atoms with E-state index in [9.17, 15) is 18.0 Å².